The van der Waals surface area contributed by atoms with Crippen LogP contribution in [-0.4, -0.2) is 35.5 Å². The van der Waals surface area contributed by atoms with E-state index in [-0.39, 0.29) is 24.3 Å². The van der Waals surface area contributed by atoms with Gasteiger partial charge in [-0.1, -0.05) is 36.7 Å². The maximum absolute atomic E-state index is 12.2. The first-order chi connectivity index (χ1) is 9.41. The predicted octanol–water partition coefficient (Wildman–Crippen LogP) is 2.62. The van der Waals surface area contributed by atoms with Crippen molar-refractivity contribution >= 4 is 23.5 Å². The van der Waals surface area contributed by atoms with Gasteiger partial charge in [-0.3, -0.25) is 9.59 Å². The van der Waals surface area contributed by atoms with Crippen molar-refractivity contribution < 1.29 is 14.7 Å². The fourth-order valence-corrected chi connectivity index (χ4v) is 2.73. The summed E-state index contributed by atoms with van der Waals surface area (Å²) in [5.41, 5.74) is 1.01. The molecule has 1 fully saturated rings. The molecule has 2 rings (SSSR count). The molecule has 1 aliphatic rings. The summed E-state index contributed by atoms with van der Waals surface area (Å²) in [4.78, 5) is 24.6. The molecular weight excluding hydrogens is 278 g/mol. The number of hydrogen-bond donors (Lipinski definition) is 1. The van der Waals surface area contributed by atoms with E-state index in [1.165, 1.54) is 4.90 Å². The molecule has 0 heterocycles. The first kappa shape index (κ1) is 14.9. The van der Waals surface area contributed by atoms with E-state index in [0.29, 0.717) is 5.02 Å². The lowest BCUT2D eigenvalue weighted by Crippen LogP contribution is -2.34. The van der Waals surface area contributed by atoms with Crippen LogP contribution in [0, 0.1) is 11.8 Å². The van der Waals surface area contributed by atoms with Crippen LogP contribution in [-0.2, 0) is 9.59 Å². The monoisotopic (exact) mass is 295 g/mol. The highest BCUT2D eigenvalue weighted by Gasteiger charge is 2.46. The van der Waals surface area contributed by atoms with Gasteiger partial charge in [-0.15, -0.1) is 0 Å². The standard InChI is InChI=1S/C15H18ClNO3/c1-9(15(19)20)8-17(2)14(18)12-7-11(12)10-5-3-4-6-13(10)16/h3-6,9,11-12H,7-8H2,1-2H3,(H,19,20)/t9-,11-,12-/m1/s1. The molecule has 108 valence electrons. The van der Waals surface area contributed by atoms with E-state index in [2.05, 4.69) is 0 Å². The summed E-state index contributed by atoms with van der Waals surface area (Å²) >= 11 is 6.13. The summed E-state index contributed by atoms with van der Waals surface area (Å²) in [5, 5.41) is 9.57. The van der Waals surface area contributed by atoms with E-state index in [1.807, 2.05) is 24.3 Å². The van der Waals surface area contributed by atoms with Crippen LogP contribution in [0.3, 0.4) is 0 Å². The first-order valence-electron chi connectivity index (χ1n) is 6.64. The lowest BCUT2D eigenvalue weighted by atomic mass is 10.1. The molecule has 0 aliphatic heterocycles. The normalized spacial score (nSPS) is 22.1. The summed E-state index contributed by atoms with van der Waals surface area (Å²) < 4.78 is 0. The van der Waals surface area contributed by atoms with Crippen LogP contribution in [0.2, 0.25) is 5.02 Å². The third-order valence-electron chi connectivity index (χ3n) is 3.76. The molecule has 1 aromatic rings. The van der Waals surface area contributed by atoms with Crippen molar-refractivity contribution in [1.29, 1.82) is 0 Å². The minimum atomic E-state index is -0.886. The van der Waals surface area contributed by atoms with Gasteiger partial charge in [-0.2, -0.15) is 0 Å². The summed E-state index contributed by atoms with van der Waals surface area (Å²) in [6.45, 7) is 1.84. The van der Waals surface area contributed by atoms with Crippen molar-refractivity contribution in [3.63, 3.8) is 0 Å². The number of hydrogen-bond acceptors (Lipinski definition) is 2. The SMILES string of the molecule is C[C@H](CN(C)C(=O)[C@@H]1C[C@@H]1c1ccccc1Cl)C(=O)O. The Morgan fingerprint density at radius 3 is 2.70 bits per heavy atom. The smallest absolute Gasteiger partial charge is 0.308 e. The molecule has 1 N–H and O–H groups in total. The lowest BCUT2D eigenvalue weighted by Gasteiger charge is -2.19. The van der Waals surface area contributed by atoms with Gasteiger partial charge >= 0.3 is 5.97 Å². The number of amides is 1. The van der Waals surface area contributed by atoms with Gasteiger partial charge in [0.2, 0.25) is 5.91 Å². The molecule has 0 unspecified atom stereocenters. The maximum atomic E-state index is 12.2. The second-order valence-corrected chi connectivity index (χ2v) is 5.84. The zero-order valence-corrected chi connectivity index (χ0v) is 12.3. The number of carboxylic acid groups (broad SMARTS) is 1. The molecule has 4 nitrogen and oxygen atoms in total. The lowest BCUT2D eigenvalue weighted by molar-refractivity contribution is -0.142. The molecular formula is C15H18ClNO3. The zero-order valence-electron chi connectivity index (χ0n) is 11.5. The Bertz CT molecular complexity index is 532. The number of carbonyl (C=O) groups excluding carboxylic acids is 1. The van der Waals surface area contributed by atoms with Crippen LogP contribution in [0.1, 0.15) is 24.8 Å². The molecule has 0 aromatic heterocycles. The van der Waals surface area contributed by atoms with Crippen LogP contribution in [0.15, 0.2) is 24.3 Å². The Balaban J connectivity index is 1.96. The molecule has 1 aliphatic carbocycles. The van der Waals surface area contributed by atoms with Crippen LogP contribution < -0.4 is 0 Å². The molecule has 0 radical (unpaired) electrons. The molecule has 5 heteroatoms. The Hall–Kier alpha value is -1.55. The summed E-state index contributed by atoms with van der Waals surface area (Å²) in [5.74, 6) is -1.34. The fourth-order valence-electron chi connectivity index (χ4n) is 2.45. The van der Waals surface area contributed by atoms with Crippen molar-refractivity contribution in [2.24, 2.45) is 11.8 Å². The second-order valence-electron chi connectivity index (χ2n) is 5.43. The Kier molecular flexibility index (Phi) is 4.33. The number of carboxylic acids is 1. The first-order valence-corrected chi connectivity index (χ1v) is 7.01. The summed E-state index contributed by atoms with van der Waals surface area (Å²) in [7, 11) is 1.66. The Morgan fingerprint density at radius 2 is 2.10 bits per heavy atom. The quantitative estimate of drug-likeness (QED) is 0.908. The van der Waals surface area contributed by atoms with E-state index in [1.54, 1.807) is 14.0 Å². The van der Waals surface area contributed by atoms with Crippen molar-refractivity contribution in [3.8, 4) is 0 Å². The van der Waals surface area contributed by atoms with Gasteiger partial charge in [-0.05, 0) is 24.0 Å². The second kappa shape index (κ2) is 5.83. The van der Waals surface area contributed by atoms with E-state index < -0.39 is 11.9 Å². The Morgan fingerprint density at radius 1 is 1.45 bits per heavy atom. The van der Waals surface area contributed by atoms with E-state index in [4.69, 9.17) is 16.7 Å². The van der Waals surface area contributed by atoms with Crippen molar-refractivity contribution in [3.05, 3.63) is 34.9 Å². The number of halogens is 1. The summed E-state index contributed by atoms with van der Waals surface area (Å²) in [6, 6.07) is 7.55. The molecule has 3 atom stereocenters. The van der Waals surface area contributed by atoms with Crippen LogP contribution in [0.5, 0.6) is 0 Å². The number of rotatable bonds is 5. The molecule has 0 spiro atoms. The third-order valence-corrected chi connectivity index (χ3v) is 4.10. The highest BCUT2D eigenvalue weighted by molar-refractivity contribution is 6.31. The van der Waals surface area contributed by atoms with E-state index >= 15 is 0 Å². The van der Waals surface area contributed by atoms with Crippen LogP contribution >= 0.6 is 11.6 Å². The van der Waals surface area contributed by atoms with Gasteiger partial charge in [0.05, 0.1) is 5.92 Å². The van der Waals surface area contributed by atoms with Gasteiger partial charge in [0.15, 0.2) is 0 Å². The third kappa shape index (κ3) is 3.12. The number of carbonyl (C=O) groups is 2. The van der Waals surface area contributed by atoms with E-state index in [0.717, 1.165) is 12.0 Å². The molecule has 1 aromatic carbocycles. The molecule has 0 bridgehead atoms. The number of aliphatic carboxylic acids is 1. The topological polar surface area (TPSA) is 57.6 Å². The largest absolute Gasteiger partial charge is 0.481 e. The maximum Gasteiger partial charge on any atom is 0.308 e. The van der Waals surface area contributed by atoms with E-state index in [9.17, 15) is 9.59 Å². The molecule has 1 amide bonds. The van der Waals surface area contributed by atoms with Gasteiger partial charge in [0.1, 0.15) is 0 Å². The average Bonchev–Trinajstić information content (AvgIpc) is 3.18. The van der Waals surface area contributed by atoms with Crippen molar-refractivity contribution in [1.82, 2.24) is 4.90 Å². The zero-order chi connectivity index (χ0) is 14.9. The number of benzene rings is 1. The van der Waals surface area contributed by atoms with Gasteiger partial charge in [0, 0.05) is 24.5 Å². The van der Waals surface area contributed by atoms with Gasteiger partial charge < -0.3 is 10.0 Å². The molecule has 1 saturated carbocycles. The van der Waals surface area contributed by atoms with Crippen molar-refractivity contribution in [2.75, 3.05) is 13.6 Å². The van der Waals surface area contributed by atoms with Gasteiger partial charge in [-0.25, -0.2) is 0 Å². The highest BCUT2D eigenvalue weighted by Crippen LogP contribution is 2.50. The van der Waals surface area contributed by atoms with Crippen molar-refractivity contribution in [2.45, 2.75) is 19.3 Å². The predicted molar refractivity (Wildman–Crippen MR) is 76.7 cm³/mol. The van der Waals surface area contributed by atoms with Crippen LogP contribution in [0.4, 0.5) is 0 Å². The van der Waals surface area contributed by atoms with Crippen LogP contribution in [0.25, 0.3) is 0 Å². The summed E-state index contributed by atoms with van der Waals surface area (Å²) in [6.07, 6.45) is 0.786. The average molecular weight is 296 g/mol. The minimum absolute atomic E-state index is 0.00280. The highest BCUT2D eigenvalue weighted by atomic mass is 35.5. The molecule has 20 heavy (non-hydrogen) atoms. The van der Waals surface area contributed by atoms with Gasteiger partial charge in [0.25, 0.3) is 0 Å². The fraction of sp³-hybridized carbons (Fsp3) is 0.467. The number of nitrogens with zero attached hydrogens (tertiary/aromatic N) is 1. The molecule has 0 saturated heterocycles. The minimum Gasteiger partial charge on any atom is -0.481 e. The Labute approximate surface area is 123 Å².